The Hall–Kier alpha value is -2.60. The molecule has 3 aromatic rings. The highest BCUT2D eigenvalue weighted by atomic mass is 19.1. The fraction of sp³-hybridized carbons (Fsp3) is 0.125. The standard InChI is InChI=1S/C16H13F2N3O/c17-11-7-12-14(3-6-20-16(12)13(18)8-11)21-9-15(22)10-1-4-19-5-2-10/h1-8,15,22H,9H2,(H,20,21). The molecule has 0 aliphatic rings. The number of aliphatic hydroxyl groups excluding tert-OH is 1. The lowest BCUT2D eigenvalue weighted by atomic mass is 10.1. The summed E-state index contributed by atoms with van der Waals surface area (Å²) < 4.78 is 27.1. The monoisotopic (exact) mass is 301 g/mol. The molecule has 6 heteroatoms. The van der Waals surface area contributed by atoms with Crippen LogP contribution in [0, 0.1) is 11.6 Å². The van der Waals surface area contributed by atoms with Gasteiger partial charge in [0.25, 0.3) is 0 Å². The van der Waals surface area contributed by atoms with E-state index in [1.807, 2.05) is 0 Å². The number of aromatic nitrogens is 2. The highest BCUT2D eigenvalue weighted by Gasteiger charge is 2.11. The second-order valence-corrected chi connectivity index (χ2v) is 4.82. The summed E-state index contributed by atoms with van der Waals surface area (Å²) in [6.45, 7) is 0.196. The van der Waals surface area contributed by atoms with Crippen molar-refractivity contribution in [2.45, 2.75) is 6.10 Å². The highest BCUT2D eigenvalue weighted by molar-refractivity contribution is 5.91. The fourth-order valence-corrected chi connectivity index (χ4v) is 2.24. The quantitative estimate of drug-likeness (QED) is 0.777. The van der Waals surface area contributed by atoms with Crippen LogP contribution in [0.5, 0.6) is 0 Å². The van der Waals surface area contributed by atoms with E-state index in [4.69, 9.17) is 0 Å². The number of pyridine rings is 2. The molecule has 22 heavy (non-hydrogen) atoms. The zero-order valence-electron chi connectivity index (χ0n) is 11.5. The van der Waals surface area contributed by atoms with Crippen molar-refractivity contribution in [3.05, 3.63) is 66.1 Å². The number of rotatable bonds is 4. The molecule has 0 fully saturated rings. The summed E-state index contributed by atoms with van der Waals surface area (Å²) >= 11 is 0. The van der Waals surface area contributed by atoms with Crippen LogP contribution in [0.1, 0.15) is 11.7 Å². The van der Waals surface area contributed by atoms with Crippen molar-refractivity contribution in [1.82, 2.24) is 9.97 Å². The van der Waals surface area contributed by atoms with E-state index in [9.17, 15) is 13.9 Å². The van der Waals surface area contributed by atoms with Crippen LogP contribution in [-0.4, -0.2) is 21.6 Å². The molecule has 0 amide bonds. The van der Waals surface area contributed by atoms with Gasteiger partial charge in [0.05, 0.1) is 6.10 Å². The van der Waals surface area contributed by atoms with Gasteiger partial charge in [-0.25, -0.2) is 8.78 Å². The van der Waals surface area contributed by atoms with E-state index in [2.05, 4.69) is 15.3 Å². The van der Waals surface area contributed by atoms with Crippen molar-refractivity contribution in [2.24, 2.45) is 0 Å². The van der Waals surface area contributed by atoms with Crippen LogP contribution >= 0.6 is 0 Å². The molecular weight excluding hydrogens is 288 g/mol. The minimum Gasteiger partial charge on any atom is -0.387 e. The molecule has 4 nitrogen and oxygen atoms in total. The Balaban J connectivity index is 1.85. The van der Waals surface area contributed by atoms with E-state index < -0.39 is 17.7 Å². The van der Waals surface area contributed by atoms with Crippen molar-refractivity contribution in [1.29, 1.82) is 0 Å². The van der Waals surface area contributed by atoms with Gasteiger partial charge in [0, 0.05) is 42.3 Å². The molecule has 0 aliphatic carbocycles. The number of fused-ring (bicyclic) bond motifs is 1. The molecule has 1 aromatic carbocycles. The van der Waals surface area contributed by atoms with Gasteiger partial charge in [-0.2, -0.15) is 0 Å². The van der Waals surface area contributed by atoms with Crippen molar-refractivity contribution in [3.8, 4) is 0 Å². The Morgan fingerprint density at radius 2 is 1.86 bits per heavy atom. The fourth-order valence-electron chi connectivity index (χ4n) is 2.24. The van der Waals surface area contributed by atoms with E-state index in [0.29, 0.717) is 16.6 Å². The van der Waals surface area contributed by atoms with Gasteiger partial charge in [-0.05, 0) is 29.8 Å². The van der Waals surface area contributed by atoms with Crippen LogP contribution in [0.15, 0.2) is 48.9 Å². The second-order valence-electron chi connectivity index (χ2n) is 4.82. The van der Waals surface area contributed by atoms with Crippen LogP contribution in [0.2, 0.25) is 0 Å². The predicted molar refractivity (Wildman–Crippen MR) is 79.3 cm³/mol. The van der Waals surface area contributed by atoms with Crippen molar-refractivity contribution >= 4 is 16.6 Å². The maximum atomic E-state index is 13.7. The first kappa shape index (κ1) is 14.3. The minimum absolute atomic E-state index is 0.0878. The predicted octanol–water partition coefficient (Wildman–Crippen LogP) is 3.05. The van der Waals surface area contributed by atoms with Gasteiger partial charge in [0.15, 0.2) is 5.82 Å². The van der Waals surface area contributed by atoms with Crippen LogP contribution < -0.4 is 5.32 Å². The summed E-state index contributed by atoms with van der Waals surface area (Å²) in [6, 6.07) is 7.03. The average Bonchev–Trinajstić information content (AvgIpc) is 2.53. The molecule has 0 saturated heterocycles. The number of benzene rings is 1. The highest BCUT2D eigenvalue weighted by Crippen LogP contribution is 2.25. The van der Waals surface area contributed by atoms with Crippen LogP contribution in [-0.2, 0) is 0 Å². The first-order valence-electron chi connectivity index (χ1n) is 6.71. The van der Waals surface area contributed by atoms with Gasteiger partial charge < -0.3 is 10.4 Å². The molecule has 3 rings (SSSR count). The van der Waals surface area contributed by atoms with E-state index >= 15 is 0 Å². The maximum absolute atomic E-state index is 13.7. The molecule has 1 unspecified atom stereocenters. The van der Waals surface area contributed by atoms with E-state index in [0.717, 1.165) is 6.07 Å². The first-order valence-corrected chi connectivity index (χ1v) is 6.71. The van der Waals surface area contributed by atoms with Gasteiger partial charge in [-0.1, -0.05) is 0 Å². The molecule has 0 bridgehead atoms. The zero-order chi connectivity index (χ0) is 15.5. The van der Waals surface area contributed by atoms with Crippen LogP contribution in [0.3, 0.4) is 0 Å². The number of nitrogens with one attached hydrogen (secondary N) is 1. The molecule has 0 spiro atoms. The SMILES string of the molecule is OC(CNc1ccnc2c(F)cc(F)cc12)c1ccncc1. The van der Waals surface area contributed by atoms with Gasteiger partial charge in [-0.15, -0.1) is 0 Å². The normalized spacial score (nSPS) is 12.3. The number of anilines is 1. The molecule has 2 heterocycles. The van der Waals surface area contributed by atoms with E-state index in [-0.39, 0.29) is 12.1 Å². The number of nitrogens with zero attached hydrogens (tertiary/aromatic N) is 2. The molecule has 2 N–H and O–H groups in total. The van der Waals surface area contributed by atoms with Crippen molar-refractivity contribution in [2.75, 3.05) is 11.9 Å². The number of halogens is 2. The summed E-state index contributed by atoms with van der Waals surface area (Å²) in [6.07, 6.45) is 3.85. The molecule has 0 aliphatic heterocycles. The summed E-state index contributed by atoms with van der Waals surface area (Å²) in [5, 5.41) is 13.4. The van der Waals surface area contributed by atoms with E-state index in [1.165, 1.54) is 12.3 Å². The molecular formula is C16H13F2N3O. The summed E-state index contributed by atoms with van der Waals surface area (Å²) in [4.78, 5) is 7.80. The largest absolute Gasteiger partial charge is 0.387 e. The lowest BCUT2D eigenvalue weighted by Gasteiger charge is -2.14. The Bertz CT molecular complexity index is 796. The third-order valence-electron chi connectivity index (χ3n) is 3.34. The summed E-state index contributed by atoms with van der Waals surface area (Å²) in [5.41, 5.74) is 1.31. The second kappa shape index (κ2) is 6.03. The minimum atomic E-state index is -0.760. The third kappa shape index (κ3) is 2.87. The van der Waals surface area contributed by atoms with Crippen LogP contribution in [0.4, 0.5) is 14.5 Å². The van der Waals surface area contributed by atoms with Gasteiger partial charge in [0.1, 0.15) is 11.3 Å². The number of hydrogen-bond donors (Lipinski definition) is 2. The molecule has 0 saturated carbocycles. The smallest absolute Gasteiger partial charge is 0.152 e. The Morgan fingerprint density at radius 1 is 1.09 bits per heavy atom. The Morgan fingerprint density at radius 3 is 2.64 bits per heavy atom. The van der Waals surface area contributed by atoms with Crippen molar-refractivity contribution < 1.29 is 13.9 Å². The summed E-state index contributed by atoms with van der Waals surface area (Å²) in [7, 11) is 0. The first-order chi connectivity index (χ1) is 10.6. The lowest BCUT2D eigenvalue weighted by Crippen LogP contribution is -2.12. The van der Waals surface area contributed by atoms with Gasteiger partial charge >= 0.3 is 0 Å². The molecule has 112 valence electrons. The topological polar surface area (TPSA) is 58.0 Å². The summed E-state index contributed by atoms with van der Waals surface area (Å²) in [5.74, 6) is -1.39. The maximum Gasteiger partial charge on any atom is 0.152 e. The van der Waals surface area contributed by atoms with Crippen molar-refractivity contribution in [3.63, 3.8) is 0 Å². The van der Waals surface area contributed by atoms with Crippen LogP contribution in [0.25, 0.3) is 10.9 Å². The Kier molecular flexibility index (Phi) is 3.93. The number of hydrogen-bond acceptors (Lipinski definition) is 4. The van der Waals surface area contributed by atoms with Gasteiger partial charge in [0.2, 0.25) is 0 Å². The number of aliphatic hydroxyl groups is 1. The molecule has 0 radical (unpaired) electrons. The Labute approximate surface area is 125 Å². The zero-order valence-corrected chi connectivity index (χ0v) is 11.5. The van der Waals surface area contributed by atoms with Gasteiger partial charge in [-0.3, -0.25) is 9.97 Å². The average molecular weight is 301 g/mol. The third-order valence-corrected chi connectivity index (χ3v) is 3.34. The molecule has 2 aromatic heterocycles. The lowest BCUT2D eigenvalue weighted by molar-refractivity contribution is 0.191. The molecule has 1 atom stereocenters. The van der Waals surface area contributed by atoms with E-state index in [1.54, 1.807) is 30.6 Å².